The lowest BCUT2D eigenvalue weighted by atomic mass is 10.2. The molecule has 0 bridgehead atoms. The van der Waals surface area contributed by atoms with E-state index in [-0.39, 0.29) is 0 Å². The molecule has 0 radical (unpaired) electrons. The molecule has 1 aliphatic carbocycles. The van der Waals surface area contributed by atoms with Crippen LogP contribution in [-0.2, 0) is 6.54 Å². The Hall–Kier alpha value is -2.14. The van der Waals surface area contributed by atoms with Crippen LogP contribution in [0.2, 0.25) is 0 Å². The van der Waals surface area contributed by atoms with Crippen LogP contribution in [0.25, 0.3) is 23.1 Å². The highest BCUT2D eigenvalue weighted by molar-refractivity contribution is 5.80. The summed E-state index contributed by atoms with van der Waals surface area (Å²) in [5, 5.41) is 0. The van der Waals surface area contributed by atoms with E-state index in [1.54, 1.807) is 0 Å². The summed E-state index contributed by atoms with van der Waals surface area (Å²) in [6.07, 6.45) is 11.3. The van der Waals surface area contributed by atoms with Gasteiger partial charge in [0.15, 0.2) is 5.65 Å². The van der Waals surface area contributed by atoms with Crippen molar-refractivity contribution in [3.8, 4) is 0 Å². The van der Waals surface area contributed by atoms with Crippen LogP contribution in [0.4, 0.5) is 0 Å². The molecule has 0 spiro atoms. The Morgan fingerprint density at radius 3 is 2.88 bits per heavy atom. The molecule has 1 aliphatic rings. The summed E-state index contributed by atoms with van der Waals surface area (Å²) in [7, 11) is 0. The molecule has 138 valence electrons. The first-order valence-electron chi connectivity index (χ1n) is 9.91. The van der Waals surface area contributed by atoms with Gasteiger partial charge in [-0.15, -0.1) is 0 Å². The second-order valence-corrected chi connectivity index (χ2v) is 7.49. The van der Waals surface area contributed by atoms with E-state index in [1.165, 1.54) is 37.9 Å². The number of nitrogens with zero attached hydrogens (tertiary/aromatic N) is 5. The van der Waals surface area contributed by atoms with Crippen LogP contribution in [0.5, 0.6) is 0 Å². The van der Waals surface area contributed by atoms with Gasteiger partial charge in [-0.1, -0.05) is 25.8 Å². The molecule has 5 nitrogen and oxygen atoms in total. The second kappa shape index (κ2) is 7.23. The standard InChI is InChI=1S/C21H29N5/c1-4-12-24(14-10-17-8-9-17)15-19-16(3)23-21-25(13-5-2)20-18(26(19)21)7-6-11-22-20/h5-7,11,13,17H,4,8-10,12,14-15H2,1-3H3/b13-5+. The topological polar surface area (TPSA) is 38.4 Å². The Morgan fingerprint density at radius 1 is 1.31 bits per heavy atom. The zero-order valence-corrected chi connectivity index (χ0v) is 16.1. The maximum absolute atomic E-state index is 4.90. The first-order chi connectivity index (χ1) is 12.7. The van der Waals surface area contributed by atoms with Gasteiger partial charge in [0, 0.05) is 18.9 Å². The maximum Gasteiger partial charge on any atom is 0.220 e. The molecular formula is C21H29N5. The second-order valence-electron chi connectivity index (χ2n) is 7.49. The first kappa shape index (κ1) is 17.3. The normalized spacial score (nSPS) is 15.2. The lowest BCUT2D eigenvalue weighted by Crippen LogP contribution is -2.26. The largest absolute Gasteiger partial charge is 0.298 e. The average Bonchev–Trinajstić information content (AvgIpc) is 3.36. The van der Waals surface area contributed by atoms with Gasteiger partial charge in [-0.25, -0.2) is 9.97 Å². The van der Waals surface area contributed by atoms with E-state index in [2.05, 4.69) is 45.0 Å². The quantitative estimate of drug-likeness (QED) is 0.600. The van der Waals surface area contributed by atoms with E-state index < -0.39 is 0 Å². The maximum atomic E-state index is 4.90. The molecule has 0 unspecified atom stereocenters. The van der Waals surface area contributed by atoms with Crippen LogP contribution in [0, 0.1) is 12.8 Å². The molecule has 0 aliphatic heterocycles. The fourth-order valence-corrected chi connectivity index (χ4v) is 3.85. The zero-order chi connectivity index (χ0) is 18.1. The lowest BCUT2D eigenvalue weighted by Gasteiger charge is -2.21. The molecule has 3 aromatic rings. The van der Waals surface area contributed by atoms with E-state index in [0.717, 1.165) is 41.6 Å². The molecule has 26 heavy (non-hydrogen) atoms. The van der Waals surface area contributed by atoms with Gasteiger partial charge >= 0.3 is 0 Å². The van der Waals surface area contributed by atoms with Gasteiger partial charge < -0.3 is 0 Å². The Labute approximate surface area is 155 Å². The Morgan fingerprint density at radius 2 is 2.15 bits per heavy atom. The fourth-order valence-electron chi connectivity index (χ4n) is 3.85. The highest BCUT2D eigenvalue weighted by atomic mass is 15.2. The van der Waals surface area contributed by atoms with Gasteiger partial charge in [-0.3, -0.25) is 13.9 Å². The number of rotatable bonds is 8. The molecule has 0 saturated heterocycles. The molecule has 4 rings (SSSR count). The molecule has 0 amide bonds. The van der Waals surface area contributed by atoms with Crippen molar-refractivity contribution in [3.63, 3.8) is 0 Å². The summed E-state index contributed by atoms with van der Waals surface area (Å²) >= 11 is 0. The summed E-state index contributed by atoms with van der Waals surface area (Å²) in [5.74, 6) is 1.93. The molecule has 0 N–H and O–H groups in total. The number of hydrogen-bond donors (Lipinski definition) is 0. The van der Waals surface area contributed by atoms with Crippen LogP contribution in [-0.4, -0.2) is 36.9 Å². The number of imidazole rings is 2. The van der Waals surface area contributed by atoms with Gasteiger partial charge in [-0.2, -0.15) is 0 Å². The number of hydrogen-bond acceptors (Lipinski definition) is 3. The highest BCUT2D eigenvalue weighted by Crippen LogP contribution is 2.32. The monoisotopic (exact) mass is 351 g/mol. The third-order valence-electron chi connectivity index (χ3n) is 5.37. The minimum Gasteiger partial charge on any atom is -0.298 e. The number of allylic oxidation sites excluding steroid dienone is 1. The van der Waals surface area contributed by atoms with E-state index >= 15 is 0 Å². The number of fused-ring (bicyclic) bond motifs is 3. The molecule has 5 heteroatoms. The van der Waals surface area contributed by atoms with Crippen molar-refractivity contribution in [2.75, 3.05) is 13.1 Å². The molecule has 0 atom stereocenters. The predicted molar refractivity (Wildman–Crippen MR) is 107 cm³/mol. The van der Waals surface area contributed by atoms with Gasteiger partial charge in [0.1, 0.15) is 0 Å². The number of aromatic nitrogens is 4. The van der Waals surface area contributed by atoms with Crippen LogP contribution in [0.15, 0.2) is 24.4 Å². The zero-order valence-electron chi connectivity index (χ0n) is 16.1. The number of aryl methyl sites for hydroxylation is 1. The Kier molecular flexibility index (Phi) is 4.81. The minimum absolute atomic E-state index is 0.956. The predicted octanol–water partition coefficient (Wildman–Crippen LogP) is 4.50. The molecule has 1 fully saturated rings. The first-order valence-corrected chi connectivity index (χ1v) is 9.91. The summed E-state index contributed by atoms with van der Waals surface area (Å²) in [6, 6.07) is 4.16. The van der Waals surface area contributed by atoms with Crippen molar-refractivity contribution in [3.05, 3.63) is 35.8 Å². The SMILES string of the molecule is C/C=C/n1c2ncccc2n2c(CN(CCC)CCC3CC3)c(C)nc12. The highest BCUT2D eigenvalue weighted by Gasteiger charge is 2.23. The van der Waals surface area contributed by atoms with Gasteiger partial charge in [0.05, 0.1) is 16.9 Å². The van der Waals surface area contributed by atoms with Crippen molar-refractivity contribution in [1.82, 2.24) is 23.8 Å². The summed E-state index contributed by atoms with van der Waals surface area (Å²) in [4.78, 5) is 12.1. The van der Waals surface area contributed by atoms with Crippen LogP contribution in [0.1, 0.15) is 50.9 Å². The molecule has 3 aromatic heterocycles. The van der Waals surface area contributed by atoms with Gasteiger partial charge in [0.2, 0.25) is 5.78 Å². The van der Waals surface area contributed by atoms with Gasteiger partial charge in [-0.05, 0) is 57.8 Å². The smallest absolute Gasteiger partial charge is 0.220 e. The van der Waals surface area contributed by atoms with E-state index in [1.807, 2.05) is 25.3 Å². The lowest BCUT2D eigenvalue weighted by molar-refractivity contribution is 0.254. The van der Waals surface area contributed by atoms with E-state index in [9.17, 15) is 0 Å². The fraction of sp³-hybridized carbons (Fsp3) is 0.524. The summed E-state index contributed by atoms with van der Waals surface area (Å²) in [6.45, 7) is 9.72. The van der Waals surface area contributed by atoms with Crippen molar-refractivity contribution >= 4 is 23.1 Å². The van der Waals surface area contributed by atoms with Crippen molar-refractivity contribution in [2.24, 2.45) is 5.92 Å². The van der Waals surface area contributed by atoms with Crippen molar-refractivity contribution < 1.29 is 0 Å². The Bertz CT molecular complexity index is 929. The molecular weight excluding hydrogens is 322 g/mol. The van der Waals surface area contributed by atoms with Crippen LogP contribution in [0.3, 0.4) is 0 Å². The van der Waals surface area contributed by atoms with E-state index in [4.69, 9.17) is 4.98 Å². The summed E-state index contributed by atoms with van der Waals surface area (Å²) in [5.41, 5.74) is 4.52. The van der Waals surface area contributed by atoms with Crippen LogP contribution >= 0.6 is 0 Å². The van der Waals surface area contributed by atoms with Crippen molar-refractivity contribution in [2.45, 2.75) is 53.0 Å². The third-order valence-corrected chi connectivity index (χ3v) is 5.37. The van der Waals surface area contributed by atoms with Crippen LogP contribution < -0.4 is 0 Å². The van der Waals surface area contributed by atoms with Crippen molar-refractivity contribution in [1.29, 1.82) is 0 Å². The average molecular weight is 351 g/mol. The third kappa shape index (κ3) is 3.16. The molecule has 0 aromatic carbocycles. The van der Waals surface area contributed by atoms with Gasteiger partial charge in [0.25, 0.3) is 0 Å². The summed E-state index contributed by atoms with van der Waals surface area (Å²) < 4.78 is 4.40. The molecule has 3 heterocycles. The molecule has 1 saturated carbocycles. The number of pyridine rings is 1. The minimum atomic E-state index is 0.956. The van der Waals surface area contributed by atoms with E-state index in [0.29, 0.717) is 0 Å². The Balaban J connectivity index is 1.76.